The maximum atomic E-state index is 5.53. The first kappa shape index (κ1) is 13.3. The summed E-state index contributed by atoms with van der Waals surface area (Å²) >= 11 is 0. The minimum absolute atomic E-state index is 0.788. The minimum atomic E-state index is 0.788. The van der Waals surface area contributed by atoms with E-state index in [9.17, 15) is 0 Å². The zero-order chi connectivity index (χ0) is 13.8. The van der Waals surface area contributed by atoms with E-state index in [1.807, 2.05) is 13.1 Å². The lowest BCUT2D eigenvalue weighted by atomic mass is 10.1. The molecule has 4 heteroatoms. The van der Waals surface area contributed by atoms with Crippen molar-refractivity contribution in [2.24, 2.45) is 0 Å². The van der Waals surface area contributed by atoms with Gasteiger partial charge in [0.15, 0.2) is 0 Å². The van der Waals surface area contributed by atoms with Crippen molar-refractivity contribution in [2.75, 3.05) is 38.3 Å². The first-order valence-corrected chi connectivity index (χ1v) is 7.24. The third-order valence-corrected chi connectivity index (χ3v) is 3.70. The first-order valence-electron chi connectivity index (χ1n) is 7.24. The van der Waals surface area contributed by atoms with Crippen LogP contribution in [0.25, 0.3) is 10.9 Å². The average Bonchev–Trinajstić information content (AvgIpc) is 2.76. The third-order valence-electron chi connectivity index (χ3n) is 3.70. The van der Waals surface area contributed by atoms with Gasteiger partial charge in [0, 0.05) is 31.6 Å². The summed E-state index contributed by atoms with van der Waals surface area (Å²) in [6.07, 6.45) is 1.07. The van der Waals surface area contributed by atoms with Crippen molar-refractivity contribution in [2.45, 2.75) is 13.0 Å². The van der Waals surface area contributed by atoms with Gasteiger partial charge in [-0.05, 0) is 31.2 Å². The van der Waals surface area contributed by atoms with Crippen molar-refractivity contribution in [1.82, 2.24) is 10.3 Å². The van der Waals surface area contributed by atoms with Gasteiger partial charge in [0.1, 0.15) is 5.82 Å². The van der Waals surface area contributed by atoms with Crippen molar-refractivity contribution in [3.05, 3.63) is 35.9 Å². The molecule has 1 fully saturated rings. The molecule has 1 aliphatic heterocycles. The van der Waals surface area contributed by atoms with E-state index in [0.717, 1.165) is 50.6 Å². The lowest BCUT2D eigenvalue weighted by Gasteiger charge is -2.22. The van der Waals surface area contributed by atoms with E-state index < -0.39 is 0 Å². The Morgan fingerprint density at radius 2 is 2.15 bits per heavy atom. The number of rotatable bonds is 3. The molecule has 1 aliphatic rings. The molecule has 1 aromatic heterocycles. The molecule has 0 aliphatic carbocycles. The SMILES string of the molecule is CNCc1cc(N2CCCOCC2)nc2ccccc12. The zero-order valence-corrected chi connectivity index (χ0v) is 11.9. The number of fused-ring (bicyclic) bond motifs is 1. The molecule has 1 N–H and O–H groups in total. The lowest BCUT2D eigenvalue weighted by molar-refractivity contribution is 0.152. The van der Waals surface area contributed by atoms with E-state index in [0.29, 0.717) is 0 Å². The molecule has 106 valence electrons. The smallest absolute Gasteiger partial charge is 0.129 e. The van der Waals surface area contributed by atoms with Crippen LogP contribution in [0.5, 0.6) is 0 Å². The second kappa shape index (κ2) is 6.20. The van der Waals surface area contributed by atoms with Gasteiger partial charge in [-0.1, -0.05) is 18.2 Å². The minimum Gasteiger partial charge on any atom is -0.380 e. The van der Waals surface area contributed by atoms with Gasteiger partial charge in [-0.3, -0.25) is 0 Å². The van der Waals surface area contributed by atoms with Crippen molar-refractivity contribution in [3.8, 4) is 0 Å². The van der Waals surface area contributed by atoms with Crippen LogP contribution in [-0.2, 0) is 11.3 Å². The molecular formula is C16H21N3O. The van der Waals surface area contributed by atoms with E-state index in [1.54, 1.807) is 0 Å². The van der Waals surface area contributed by atoms with Crippen LogP contribution in [0.1, 0.15) is 12.0 Å². The molecule has 0 atom stereocenters. The molecule has 1 aromatic carbocycles. The highest BCUT2D eigenvalue weighted by atomic mass is 16.5. The van der Waals surface area contributed by atoms with Gasteiger partial charge < -0.3 is 15.0 Å². The molecule has 0 radical (unpaired) electrons. The molecule has 1 saturated heterocycles. The van der Waals surface area contributed by atoms with Gasteiger partial charge >= 0.3 is 0 Å². The second-order valence-corrected chi connectivity index (χ2v) is 5.14. The standard InChI is InChI=1S/C16H21N3O/c1-17-12-13-11-16(19-7-4-9-20-10-8-19)18-15-6-3-2-5-14(13)15/h2-3,5-6,11,17H,4,7-10,12H2,1H3. The third kappa shape index (κ3) is 2.76. The molecule has 2 aromatic rings. The number of aromatic nitrogens is 1. The van der Waals surface area contributed by atoms with Crippen LogP contribution in [0.2, 0.25) is 0 Å². The molecule has 0 amide bonds. The number of hydrogen-bond acceptors (Lipinski definition) is 4. The monoisotopic (exact) mass is 271 g/mol. The number of benzene rings is 1. The Morgan fingerprint density at radius 1 is 1.25 bits per heavy atom. The summed E-state index contributed by atoms with van der Waals surface area (Å²) < 4.78 is 5.53. The van der Waals surface area contributed by atoms with Gasteiger partial charge in [-0.2, -0.15) is 0 Å². The van der Waals surface area contributed by atoms with Crippen molar-refractivity contribution >= 4 is 16.7 Å². The van der Waals surface area contributed by atoms with E-state index >= 15 is 0 Å². The molecule has 20 heavy (non-hydrogen) atoms. The highest BCUT2D eigenvalue weighted by molar-refractivity contribution is 5.84. The Labute approximate surface area is 119 Å². The number of hydrogen-bond donors (Lipinski definition) is 1. The van der Waals surface area contributed by atoms with Crippen LogP contribution in [0.3, 0.4) is 0 Å². The Balaban J connectivity index is 2.01. The molecule has 2 heterocycles. The van der Waals surface area contributed by atoms with Gasteiger partial charge in [0.25, 0.3) is 0 Å². The Hall–Kier alpha value is -1.65. The highest BCUT2D eigenvalue weighted by Crippen LogP contribution is 2.23. The summed E-state index contributed by atoms with van der Waals surface area (Å²) in [6, 6.07) is 10.6. The van der Waals surface area contributed by atoms with Crippen molar-refractivity contribution in [1.29, 1.82) is 0 Å². The van der Waals surface area contributed by atoms with E-state index in [-0.39, 0.29) is 0 Å². The molecule has 0 spiro atoms. The Bertz CT molecular complexity index is 577. The number of anilines is 1. The van der Waals surface area contributed by atoms with Crippen LogP contribution in [0.4, 0.5) is 5.82 Å². The summed E-state index contributed by atoms with van der Waals surface area (Å²) in [5.41, 5.74) is 2.37. The van der Waals surface area contributed by atoms with Crippen LogP contribution in [-0.4, -0.2) is 38.3 Å². The van der Waals surface area contributed by atoms with Crippen LogP contribution >= 0.6 is 0 Å². The quantitative estimate of drug-likeness (QED) is 0.928. The average molecular weight is 271 g/mol. The maximum absolute atomic E-state index is 5.53. The summed E-state index contributed by atoms with van der Waals surface area (Å²) in [6.45, 7) is 4.44. The Kier molecular flexibility index (Phi) is 4.14. The van der Waals surface area contributed by atoms with Crippen LogP contribution in [0, 0.1) is 0 Å². The number of nitrogens with zero attached hydrogens (tertiary/aromatic N) is 2. The van der Waals surface area contributed by atoms with Gasteiger partial charge in [0.05, 0.1) is 12.1 Å². The molecule has 4 nitrogen and oxygen atoms in total. The molecule has 3 rings (SSSR count). The van der Waals surface area contributed by atoms with E-state index in [2.05, 4.69) is 34.5 Å². The van der Waals surface area contributed by atoms with Gasteiger partial charge in [-0.15, -0.1) is 0 Å². The zero-order valence-electron chi connectivity index (χ0n) is 11.9. The maximum Gasteiger partial charge on any atom is 0.129 e. The lowest BCUT2D eigenvalue weighted by Crippen LogP contribution is -2.27. The topological polar surface area (TPSA) is 37.4 Å². The molecule has 0 bridgehead atoms. The van der Waals surface area contributed by atoms with E-state index in [4.69, 9.17) is 9.72 Å². The fraction of sp³-hybridized carbons (Fsp3) is 0.438. The van der Waals surface area contributed by atoms with Gasteiger partial charge in [-0.25, -0.2) is 4.98 Å². The summed E-state index contributed by atoms with van der Waals surface area (Å²) in [5.74, 6) is 1.07. The van der Waals surface area contributed by atoms with Crippen molar-refractivity contribution in [3.63, 3.8) is 0 Å². The predicted octanol–water partition coefficient (Wildman–Crippen LogP) is 2.18. The van der Waals surface area contributed by atoms with E-state index in [1.165, 1.54) is 10.9 Å². The number of nitrogens with one attached hydrogen (secondary N) is 1. The van der Waals surface area contributed by atoms with Crippen LogP contribution in [0.15, 0.2) is 30.3 Å². The summed E-state index contributed by atoms with van der Waals surface area (Å²) in [7, 11) is 1.98. The highest BCUT2D eigenvalue weighted by Gasteiger charge is 2.13. The van der Waals surface area contributed by atoms with Crippen molar-refractivity contribution < 1.29 is 4.74 Å². The second-order valence-electron chi connectivity index (χ2n) is 5.14. The predicted molar refractivity (Wildman–Crippen MR) is 82.2 cm³/mol. The van der Waals surface area contributed by atoms with Crippen LogP contribution < -0.4 is 10.2 Å². The summed E-state index contributed by atoms with van der Waals surface area (Å²) in [4.78, 5) is 7.16. The normalized spacial score (nSPS) is 16.4. The molecular weight excluding hydrogens is 250 g/mol. The molecule has 0 unspecified atom stereocenters. The number of ether oxygens (including phenoxy) is 1. The fourth-order valence-corrected chi connectivity index (χ4v) is 2.71. The Morgan fingerprint density at radius 3 is 3.05 bits per heavy atom. The number of para-hydroxylation sites is 1. The fourth-order valence-electron chi connectivity index (χ4n) is 2.71. The van der Waals surface area contributed by atoms with Gasteiger partial charge in [0.2, 0.25) is 0 Å². The molecule has 0 saturated carbocycles. The number of pyridine rings is 1. The summed E-state index contributed by atoms with van der Waals surface area (Å²) in [5, 5.41) is 4.48. The first-order chi connectivity index (χ1) is 9.88. The largest absolute Gasteiger partial charge is 0.380 e.